The third kappa shape index (κ3) is 1.97. The minimum absolute atomic E-state index is 0.740. The highest BCUT2D eigenvalue weighted by atomic mass is 16.5. The Labute approximate surface area is 68.0 Å². The molecule has 1 heteroatoms. The highest BCUT2D eigenvalue weighted by molar-refractivity contribution is 5.35. The van der Waals surface area contributed by atoms with Crippen LogP contribution in [0.4, 0.5) is 0 Å². The van der Waals surface area contributed by atoms with E-state index < -0.39 is 0 Å². The highest BCUT2D eigenvalue weighted by Gasteiger charge is 1.96. The summed E-state index contributed by atoms with van der Waals surface area (Å²) in [5, 5.41) is 0. The van der Waals surface area contributed by atoms with E-state index in [2.05, 4.69) is 26.0 Å². The molecule has 0 saturated carbocycles. The molecular formula is C10H14O. The molecule has 0 atom stereocenters. The molecule has 1 rings (SSSR count). The third-order valence-corrected chi connectivity index (χ3v) is 1.63. The van der Waals surface area contributed by atoms with E-state index in [-0.39, 0.29) is 0 Å². The number of rotatable bonds is 2. The van der Waals surface area contributed by atoms with Gasteiger partial charge in [0, 0.05) is 0 Å². The van der Waals surface area contributed by atoms with Gasteiger partial charge in [0.2, 0.25) is 0 Å². The normalized spacial score (nSPS) is 9.73. The number of ether oxygens (including phenoxy) is 1. The summed E-state index contributed by atoms with van der Waals surface area (Å²) in [5.74, 6) is 0.998. The number of hydrogen-bond donors (Lipinski definition) is 0. The maximum absolute atomic E-state index is 5.39. The second-order valence-corrected chi connectivity index (χ2v) is 2.70. The largest absolute Gasteiger partial charge is 0.494 e. The van der Waals surface area contributed by atoms with Crippen LogP contribution >= 0.6 is 0 Å². The van der Waals surface area contributed by atoms with Gasteiger partial charge in [0.25, 0.3) is 0 Å². The van der Waals surface area contributed by atoms with Crippen molar-refractivity contribution in [1.29, 1.82) is 0 Å². The Balaban J connectivity index is 2.90. The molecule has 0 aliphatic rings. The van der Waals surface area contributed by atoms with Gasteiger partial charge in [-0.25, -0.2) is 0 Å². The summed E-state index contributed by atoms with van der Waals surface area (Å²) in [7, 11) is 0. The van der Waals surface area contributed by atoms with Crippen LogP contribution in [0.3, 0.4) is 0 Å². The lowest BCUT2D eigenvalue weighted by molar-refractivity contribution is 0.338. The summed E-state index contributed by atoms with van der Waals surface area (Å²) in [4.78, 5) is 0. The molecule has 1 nitrogen and oxygen atoms in total. The van der Waals surface area contributed by atoms with Gasteiger partial charge in [-0.15, -0.1) is 0 Å². The van der Waals surface area contributed by atoms with Gasteiger partial charge in [0.1, 0.15) is 5.75 Å². The van der Waals surface area contributed by atoms with Gasteiger partial charge < -0.3 is 4.74 Å². The lowest BCUT2D eigenvalue weighted by atomic mass is 10.1. The first kappa shape index (κ1) is 8.12. The lowest BCUT2D eigenvalue weighted by Crippen LogP contribution is -1.93. The molecule has 11 heavy (non-hydrogen) atoms. The second-order valence-electron chi connectivity index (χ2n) is 2.70. The average Bonchev–Trinajstić information content (AvgIpc) is 1.95. The van der Waals surface area contributed by atoms with Crippen molar-refractivity contribution in [2.75, 3.05) is 6.61 Å². The fraction of sp³-hybridized carbons (Fsp3) is 0.400. The van der Waals surface area contributed by atoms with E-state index >= 15 is 0 Å². The number of benzene rings is 1. The zero-order valence-electron chi connectivity index (χ0n) is 7.35. The van der Waals surface area contributed by atoms with E-state index in [1.807, 2.05) is 13.0 Å². The van der Waals surface area contributed by atoms with E-state index in [1.165, 1.54) is 11.1 Å². The molecule has 0 N–H and O–H groups in total. The minimum Gasteiger partial charge on any atom is -0.494 e. The Kier molecular flexibility index (Phi) is 2.53. The molecule has 0 bridgehead atoms. The molecule has 0 aliphatic carbocycles. The Hall–Kier alpha value is -0.980. The van der Waals surface area contributed by atoms with E-state index in [4.69, 9.17) is 4.74 Å². The molecule has 0 heterocycles. The molecule has 0 saturated heterocycles. The molecule has 0 spiro atoms. The minimum atomic E-state index is 0.740. The summed E-state index contributed by atoms with van der Waals surface area (Å²) < 4.78 is 5.39. The average molecular weight is 150 g/mol. The van der Waals surface area contributed by atoms with E-state index in [0.29, 0.717) is 0 Å². The Morgan fingerprint density at radius 2 is 2.00 bits per heavy atom. The molecule has 1 aromatic carbocycles. The summed E-state index contributed by atoms with van der Waals surface area (Å²) in [6.45, 7) is 6.89. The molecule has 0 aromatic heterocycles. The fourth-order valence-corrected chi connectivity index (χ4v) is 1.12. The molecular weight excluding hydrogens is 136 g/mol. The molecule has 0 amide bonds. The van der Waals surface area contributed by atoms with Gasteiger partial charge in [0.15, 0.2) is 0 Å². The molecule has 0 unspecified atom stereocenters. The Morgan fingerprint density at radius 1 is 1.27 bits per heavy atom. The van der Waals surface area contributed by atoms with Crippen LogP contribution in [0.1, 0.15) is 18.1 Å². The van der Waals surface area contributed by atoms with Gasteiger partial charge >= 0.3 is 0 Å². The second kappa shape index (κ2) is 3.42. The summed E-state index contributed by atoms with van der Waals surface area (Å²) in [5.41, 5.74) is 2.50. The topological polar surface area (TPSA) is 9.23 Å². The summed E-state index contributed by atoms with van der Waals surface area (Å²) >= 11 is 0. The van der Waals surface area contributed by atoms with Gasteiger partial charge in [-0.3, -0.25) is 0 Å². The fourth-order valence-electron chi connectivity index (χ4n) is 1.12. The Morgan fingerprint density at radius 3 is 2.55 bits per heavy atom. The zero-order chi connectivity index (χ0) is 8.27. The van der Waals surface area contributed by atoms with Crippen molar-refractivity contribution in [1.82, 2.24) is 0 Å². The monoisotopic (exact) mass is 150 g/mol. The quantitative estimate of drug-likeness (QED) is 0.629. The first-order chi connectivity index (χ1) is 5.24. The van der Waals surface area contributed by atoms with Crippen LogP contribution in [-0.2, 0) is 0 Å². The Bertz CT molecular complexity index is 241. The van der Waals surface area contributed by atoms with Gasteiger partial charge in [-0.1, -0.05) is 17.7 Å². The van der Waals surface area contributed by atoms with Crippen molar-refractivity contribution in [3.05, 3.63) is 29.3 Å². The van der Waals surface area contributed by atoms with Crippen LogP contribution in [0.15, 0.2) is 18.2 Å². The van der Waals surface area contributed by atoms with Crippen LogP contribution < -0.4 is 4.74 Å². The van der Waals surface area contributed by atoms with Crippen LogP contribution in [0.2, 0.25) is 0 Å². The van der Waals surface area contributed by atoms with Crippen molar-refractivity contribution in [3.63, 3.8) is 0 Å². The van der Waals surface area contributed by atoms with E-state index in [0.717, 1.165) is 12.4 Å². The van der Waals surface area contributed by atoms with E-state index in [9.17, 15) is 0 Å². The van der Waals surface area contributed by atoms with Crippen molar-refractivity contribution >= 4 is 0 Å². The lowest BCUT2D eigenvalue weighted by Gasteiger charge is -2.06. The zero-order valence-corrected chi connectivity index (χ0v) is 7.35. The highest BCUT2D eigenvalue weighted by Crippen LogP contribution is 2.18. The summed E-state index contributed by atoms with van der Waals surface area (Å²) in [6, 6.07) is 6.22. The van der Waals surface area contributed by atoms with Crippen molar-refractivity contribution in [2.45, 2.75) is 20.8 Å². The van der Waals surface area contributed by atoms with Crippen LogP contribution in [0.5, 0.6) is 5.75 Å². The number of hydrogen-bond acceptors (Lipinski definition) is 1. The summed E-state index contributed by atoms with van der Waals surface area (Å²) in [6.07, 6.45) is 0. The maximum Gasteiger partial charge on any atom is 0.122 e. The van der Waals surface area contributed by atoms with Crippen molar-refractivity contribution in [3.8, 4) is 5.75 Å². The maximum atomic E-state index is 5.39. The molecule has 0 radical (unpaired) electrons. The number of aryl methyl sites for hydroxylation is 2. The molecule has 0 aliphatic heterocycles. The molecule has 1 aromatic rings. The smallest absolute Gasteiger partial charge is 0.122 e. The first-order valence-corrected chi connectivity index (χ1v) is 3.94. The predicted octanol–water partition coefficient (Wildman–Crippen LogP) is 2.70. The predicted molar refractivity (Wildman–Crippen MR) is 47.1 cm³/mol. The standard InChI is InChI=1S/C10H14O/c1-4-11-10-6-5-8(2)7-9(10)3/h5-7H,4H2,1-3H3. The van der Waals surface area contributed by atoms with Gasteiger partial charge in [0.05, 0.1) is 6.61 Å². The van der Waals surface area contributed by atoms with Gasteiger partial charge in [-0.05, 0) is 32.4 Å². The first-order valence-electron chi connectivity index (χ1n) is 3.94. The molecule has 60 valence electrons. The van der Waals surface area contributed by atoms with Crippen LogP contribution in [0, 0.1) is 13.8 Å². The van der Waals surface area contributed by atoms with Gasteiger partial charge in [-0.2, -0.15) is 0 Å². The SMILES string of the molecule is CCOc1ccc(C)cc1C. The van der Waals surface area contributed by atoms with Crippen LogP contribution in [0.25, 0.3) is 0 Å². The van der Waals surface area contributed by atoms with E-state index in [1.54, 1.807) is 0 Å². The van der Waals surface area contributed by atoms with Crippen LogP contribution in [-0.4, -0.2) is 6.61 Å². The van der Waals surface area contributed by atoms with Crippen molar-refractivity contribution in [2.24, 2.45) is 0 Å². The molecule has 0 fully saturated rings. The third-order valence-electron chi connectivity index (χ3n) is 1.63. The van der Waals surface area contributed by atoms with Crippen molar-refractivity contribution < 1.29 is 4.74 Å².